The van der Waals surface area contributed by atoms with Gasteiger partial charge in [-0.1, -0.05) is 61.8 Å². The zero-order valence-corrected chi connectivity index (χ0v) is 71.0. The van der Waals surface area contributed by atoms with Gasteiger partial charge in [0, 0.05) is 24.5 Å². The molecule has 1 saturated carbocycles. The van der Waals surface area contributed by atoms with E-state index in [4.69, 9.17) is 28.7 Å². The lowest BCUT2D eigenvalue weighted by molar-refractivity contribution is -0.144. The Hall–Kier alpha value is -8.35. The molecular formula is C75H135N19O20S2. The van der Waals surface area contributed by atoms with Crippen LogP contribution < -0.4 is 103 Å². The van der Waals surface area contributed by atoms with Crippen molar-refractivity contribution in [3.05, 3.63) is 0 Å². The number of thiol groups is 1. The summed E-state index contributed by atoms with van der Waals surface area (Å²) in [7, 11) is 0. The predicted octanol–water partition coefficient (Wildman–Crippen LogP) is -4.66. The zero-order chi connectivity index (χ0) is 88.2. The minimum atomic E-state index is -1.78. The molecule has 0 spiro atoms. The number of carboxylic acids is 1. The van der Waals surface area contributed by atoms with Crippen LogP contribution >= 0.6 is 24.4 Å². The Labute approximate surface area is 690 Å². The Bertz CT molecular complexity index is 3230. The average molecular weight is 1690 g/mol. The third-order valence-electron chi connectivity index (χ3n) is 19.4. The summed E-state index contributed by atoms with van der Waals surface area (Å²) in [5.41, 5.74) is 28.9. The van der Waals surface area contributed by atoms with Crippen LogP contribution in [-0.4, -0.2) is 257 Å². The molecule has 15 amide bonds. The highest BCUT2D eigenvalue weighted by atomic mass is 32.2. The van der Waals surface area contributed by atoms with Gasteiger partial charge in [-0.25, -0.2) is 4.79 Å². The molecule has 1 fully saturated rings. The summed E-state index contributed by atoms with van der Waals surface area (Å²) in [6.45, 7) is 16.6. The molecule has 0 aromatic heterocycles. The number of carbonyl (C=O) groups excluding carboxylic acids is 16. The Morgan fingerprint density at radius 3 is 1.15 bits per heavy atom. The average Bonchev–Trinajstić information content (AvgIpc) is 1.67. The highest BCUT2D eigenvalue weighted by molar-refractivity contribution is 7.98. The number of aliphatic hydroxyl groups excluding tert-OH is 2. The monoisotopic (exact) mass is 1690 g/mol. The van der Waals surface area contributed by atoms with Crippen LogP contribution in [0.4, 0.5) is 0 Å². The van der Waals surface area contributed by atoms with E-state index >= 15 is 0 Å². The van der Waals surface area contributed by atoms with Crippen LogP contribution in [0.5, 0.6) is 0 Å². The van der Waals surface area contributed by atoms with E-state index in [-0.39, 0.29) is 108 Å². The standard InChI is InChI=1S/C75H135N19O20S2/c1-38(2)34-52(70(108)91-57(39(3)4)61(99)45-22-21-23-46(45)63(101)83-51(28-33-116-12)68(106)92-58(40(5)6)73(111)81-42(9)62(100)94-60(43(10)96)74(112)93-59(41(7)8)75(113)114)88-69(107)53(35-56(80)98)89-67(105)50(27-16-20-32-79)86-65(103)48(25-14-18-30-77)84-64(102)47(24-13-17-29-76)85-66(104)49(26-15-19-31-78)87-71(109)54(36-95)90-72(110)55(37-115)82-44(11)97/h38-43,45-55,57-60,95-96,115H,13-37,76-79H2,1-12H3,(H2,80,98)(H,81,111)(H,82,97)(H,83,101)(H,84,102)(H,85,104)(H,86,103)(H,87,109)(H,88,107)(H,89,105)(H,90,110)(H,91,108)(H,92,106)(H,93,112)(H,94,100)(H,113,114)/t42-,43+,45?,46+,47-,48-,49-,50-,51-,52-,53-,54-,55-,57-,58-,59-,60-/m0/s1. The normalized spacial score (nSPS) is 17.2. The van der Waals surface area contributed by atoms with E-state index in [1.165, 1.54) is 32.5 Å². The maximum atomic E-state index is 14.9. The van der Waals surface area contributed by atoms with E-state index in [2.05, 4.69) is 87.1 Å². The summed E-state index contributed by atoms with van der Waals surface area (Å²) >= 11 is 5.44. The molecule has 662 valence electrons. The van der Waals surface area contributed by atoms with Gasteiger partial charge < -0.3 is 118 Å². The number of aliphatic hydroxyl groups is 2. The second kappa shape index (κ2) is 56.1. The number of ketones is 1. The number of carboxylic acid groups (broad SMARTS) is 1. The SMILES string of the molecule is CSCC[C@H](NC(=O)[C@@H]1CCCC1C(=O)[C@@H](NC(=O)[C@H](CC(C)C)NC(=O)[C@H](CC(N)=O)NC(=O)[C@H](CCCCN)NC(=O)[C@H](CCCCN)NC(=O)[C@H](CCCCN)NC(=O)[C@H](CCCCN)NC(=O)[C@H](CO)NC(=O)[C@H](CS)NC(C)=O)C(C)C)C(=O)N[C@H](C(=O)N[C@@H](C)C(=O)N[C@H](C(=O)N[C@H](C(=O)O)C(C)C)[C@@H](C)O)C(C)C. The lowest BCUT2D eigenvalue weighted by Gasteiger charge is -2.30. The second-order valence-corrected chi connectivity index (χ2v) is 32.2. The predicted molar refractivity (Wildman–Crippen MR) is 437 cm³/mol. The molecule has 17 atom stereocenters. The first kappa shape index (κ1) is 106. The number of primary amides is 1. The number of hydrogen-bond acceptors (Lipinski definition) is 25. The quantitative estimate of drug-likeness (QED) is 0.0201. The van der Waals surface area contributed by atoms with Crippen molar-refractivity contribution < 1.29 is 96.8 Å². The fourth-order valence-corrected chi connectivity index (χ4v) is 13.5. The highest BCUT2D eigenvalue weighted by Gasteiger charge is 2.45. The second-order valence-electron chi connectivity index (χ2n) is 30.9. The van der Waals surface area contributed by atoms with Crippen molar-refractivity contribution in [1.29, 1.82) is 0 Å². The van der Waals surface area contributed by atoms with E-state index in [1.54, 1.807) is 61.6 Å². The van der Waals surface area contributed by atoms with Gasteiger partial charge in [-0.2, -0.15) is 24.4 Å². The number of thioether (sulfide) groups is 1. The number of hydrogen-bond donors (Lipinski definition) is 23. The first-order valence-corrected chi connectivity index (χ1v) is 42.1. The molecule has 39 nitrogen and oxygen atoms in total. The Morgan fingerprint density at radius 1 is 0.405 bits per heavy atom. The molecule has 0 aliphatic heterocycles. The van der Waals surface area contributed by atoms with Gasteiger partial charge in [0.2, 0.25) is 88.6 Å². The summed E-state index contributed by atoms with van der Waals surface area (Å²) in [6.07, 6.45) is 2.66. The molecule has 1 rings (SSSR count). The van der Waals surface area contributed by atoms with E-state index in [1.807, 2.05) is 0 Å². The number of carbonyl (C=O) groups is 17. The van der Waals surface area contributed by atoms with Gasteiger partial charge in [0.05, 0.1) is 25.2 Å². The lowest BCUT2D eigenvalue weighted by atomic mass is 9.83. The van der Waals surface area contributed by atoms with Crippen molar-refractivity contribution in [3.63, 3.8) is 0 Å². The van der Waals surface area contributed by atoms with E-state index in [9.17, 15) is 96.8 Å². The molecule has 1 aliphatic carbocycles. The van der Waals surface area contributed by atoms with Crippen LogP contribution in [0.1, 0.15) is 192 Å². The Kier molecular flexibility index (Phi) is 51.1. The summed E-state index contributed by atoms with van der Waals surface area (Å²) in [6, 6.07) is -19.8. The first-order chi connectivity index (χ1) is 54.6. The summed E-state index contributed by atoms with van der Waals surface area (Å²) in [5, 5.41) is 66.0. The number of rotatable bonds is 59. The molecule has 41 heteroatoms. The minimum absolute atomic E-state index is 0.0226. The number of nitrogens with two attached hydrogens (primary N) is 5. The molecule has 116 heavy (non-hydrogen) atoms. The van der Waals surface area contributed by atoms with Gasteiger partial charge in [-0.3, -0.25) is 76.7 Å². The topological polar surface area (TPSA) is 649 Å². The van der Waals surface area contributed by atoms with Crippen molar-refractivity contribution in [2.24, 2.45) is 64.2 Å². The molecule has 0 bridgehead atoms. The molecule has 27 N–H and O–H groups in total. The van der Waals surface area contributed by atoms with Crippen molar-refractivity contribution in [2.75, 3.05) is 50.5 Å². The Balaban J connectivity index is 3.61. The van der Waals surface area contributed by atoms with Crippen LogP contribution in [-0.2, 0) is 81.5 Å². The fraction of sp³-hybridized carbons (Fsp3) is 0.773. The van der Waals surface area contributed by atoms with Crippen LogP contribution in [0, 0.1) is 35.5 Å². The molecular weight excluding hydrogens is 1550 g/mol. The molecule has 0 aromatic carbocycles. The van der Waals surface area contributed by atoms with Crippen molar-refractivity contribution in [3.8, 4) is 0 Å². The third-order valence-corrected chi connectivity index (χ3v) is 20.4. The number of amides is 15. The summed E-state index contributed by atoms with van der Waals surface area (Å²) in [5.74, 6) is -18.9. The van der Waals surface area contributed by atoms with Crippen LogP contribution in [0.15, 0.2) is 0 Å². The number of nitrogens with one attached hydrogen (secondary N) is 14. The van der Waals surface area contributed by atoms with Gasteiger partial charge in [0.25, 0.3) is 0 Å². The van der Waals surface area contributed by atoms with Crippen molar-refractivity contribution >= 4 is 125 Å². The molecule has 0 heterocycles. The largest absolute Gasteiger partial charge is 0.480 e. The molecule has 1 aliphatic rings. The molecule has 1 unspecified atom stereocenters. The summed E-state index contributed by atoms with van der Waals surface area (Å²) in [4.78, 5) is 234. The van der Waals surface area contributed by atoms with E-state index < -0.39 is 234 Å². The van der Waals surface area contributed by atoms with Crippen LogP contribution in [0.2, 0.25) is 0 Å². The third kappa shape index (κ3) is 38.4. The number of aliphatic carboxylic acids is 1. The molecule has 0 radical (unpaired) electrons. The van der Waals surface area contributed by atoms with Crippen LogP contribution in [0.3, 0.4) is 0 Å². The first-order valence-electron chi connectivity index (χ1n) is 40.1. The highest BCUT2D eigenvalue weighted by Crippen LogP contribution is 2.35. The summed E-state index contributed by atoms with van der Waals surface area (Å²) < 4.78 is 0. The minimum Gasteiger partial charge on any atom is -0.480 e. The maximum absolute atomic E-state index is 14.9. The van der Waals surface area contributed by atoms with E-state index in [0.717, 1.165) is 0 Å². The smallest absolute Gasteiger partial charge is 0.326 e. The van der Waals surface area contributed by atoms with E-state index in [0.29, 0.717) is 44.3 Å². The Morgan fingerprint density at radius 2 is 0.759 bits per heavy atom. The van der Waals surface area contributed by atoms with Gasteiger partial charge in [-0.05, 0) is 178 Å². The van der Waals surface area contributed by atoms with Gasteiger partial charge in [-0.15, -0.1) is 0 Å². The van der Waals surface area contributed by atoms with Gasteiger partial charge in [0.1, 0.15) is 78.5 Å². The van der Waals surface area contributed by atoms with Gasteiger partial charge in [0.15, 0.2) is 5.78 Å². The van der Waals surface area contributed by atoms with Gasteiger partial charge >= 0.3 is 5.97 Å². The van der Waals surface area contributed by atoms with Crippen molar-refractivity contribution in [2.45, 2.75) is 282 Å². The number of unbranched alkanes of at least 4 members (excludes halogenated alkanes) is 4. The molecule has 0 saturated heterocycles. The lowest BCUT2D eigenvalue weighted by Crippen LogP contribution is -2.61. The maximum Gasteiger partial charge on any atom is 0.326 e. The fourth-order valence-electron chi connectivity index (χ4n) is 12.7. The van der Waals surface area contributed by atoms with Crippen LogP contribution in [0.25, 0.3) is 0 Å². The van der Waals surface area contributed by atoms with Crippen molar-refractivity contribution in [1.82, 2.24) is 74.4 Å². The molecule has 0 aromatic rings. The number of Topliss-reactive ketones (excluding diaryl/α,β-unsaturated/α-hetero) is 1. The zero-order valence-electron chi connectivity index (χ0n) is 69.3.